The molecule has 5 heteroatoms. The molecule has 132 valence electrons. The molecule has 0 bridgehead atoms. The smallest absolute Gasteiger partial charge is 0.266 e. The summed E-state index contributed by atoms with van der Waals surface area (Å²) in [5.74, 6) is 0.637. The summed E-state index contributed by atoms with van der Waals surface area (Å²) in [6.45, 7) is 0. The van der Waals surface area contributed by atoms with Crippen LogP contribution in [0.2, 0.25) is 5.02 Å². The summed E-state index contributed by atoms with van der Waals surface area (Å²) in [7, 11) is 0. The number of para-hydroxylation sites is 1. The van der Waals surface area contributed by atoms with Gasteiger partial charge in [0.05, 0.1) is 16.6 Å². The fraction of sp³-hybridized carbons (Fsp3) is 0. The first-order valence-electron chi connectivity index (χ1n) is 8.37. The fourth-order valence-electron chi connectivity index (χ4n) is 2.86. The molecule has 1 heterocycles. The largest absolute Gasteiger partial charge is 0.508 e. The molecule has 0 radical (unpaired) electrons. The quantitative estimate of drug-likeness (QED) is 0.554. The van der Waals surface area contributed by atoms with Gasteiger partial charge >= 0.3 is 0 Å². The summed E-state index contributed by atoms with van der Waals surface area (Å²) in [6, 6.07) is 21.1. The van der Waals surface area contributed by atoms with Crippen molar-refractivity contribution in [1.29, 1.82) is 0 Å². The number of phenolic OH excluding ortho intramolecular Hbond substituents is 1. The van der Waals surface area contributed by atoms with E-state index in [0.717, 1.165) is 5.56 Å². The molecule has 4 aromatic rings. The Labute approximate surface area is 160 Å². The van der Waals surface area contributed by atoms with Crippen LogP contribution in [0.5, 0.6) is 5.75 Å². The lowest BCUT2D eigenvalue weighted by Crippen LogP contribution is -2.22. The van der Waals surface area contributed by atoms with E-state index in [1.54, 1.807) is 36.4 Å². The zero-order valence-electron chi connectivity index (χ0n) is 14.2. The number of aromatic nitrogens is 2. The highest BCUT2D eigenvalue weighted by Gasteiger charge is 2.11. The van der Waals surface area contributed by atoms with E-state index in [4.69, 9.17) is 11.6 Å². The van der Waals surface area contributed by atoms with Crippen molar-refractivity contribution in [1.82, 2.24) is 9.55 Å². The predicted molar refractivity (Wildman–Crippen MR) is 109 cm³/mol. The molecule has 0 aliphatic heterocycles. The van der Waals surface area contributed by atoms with Crippen molar-refractivity contribution < 1.29 is 5.11 Å². The summed E-state index contributed by atoms with van der Waals surface area (Å²) in [5, 5.41) is 10.8. The first kappa shape index (κ1) is 17.1. The van der Waals surface area contributed by atoms with Crippen LogP contribution < -0.4 is 5.56 Å². The molecule has 0 atom stereocenters. The Morgan fingerprint density at radius 1 is 0.889 bits per heavy atom. The molecule has 0 aliphatic rings. The van der Waals surface area contributed by atoms with E-state index >= 15 is 0 Å². The Kier molecular flexibility index (Phi) is 4.48. The van der Waals surface area contributed by atoms with Gasteiger partial charge in [-0.1, -0.05) is 41.9 Å². The van der Waals surface area contributed by atoms with Crippen LogP contribution in [-0.2, 0) is 0 Å². The highest BCUT2D eigenvalue weighted by atomic mass is 35.5. The zero-order chi connectivity index (χ0) is 18.8. The number of fused-ring (bicyclic) bond motifs is 1. The third-order valence-corrected chi connectivity index (χ3v) is 4.46. The Morgan fingerprint density at radius 3 is 2.33 bits per heavy atom. The van der Waals surface area contributed by atoms with Crippen LogP contribution in [0.25, 0.3) is 28.7 Å². The van der Waals surface area contributed by atoms with Crippen molar-refractivity contribution in [3.05, 3.63) is 99.6 Å². The molecule has 4 rings (SSSR count). The maximum Gasteiger partial charge on any atom is 0.266 e. The van der Waals surface area contributed by atoms with E-state index in [0.29, 0.717) is 27.4 Å². The number of nitrogens with zero attached hydrogens (tertiary/aromatic N) is 2. The Balaban J connectivity index is 1.92. The van der Waals surface area contributed by atoms with E-state index in [2.05, 4.69) is 4.98 Å². The molecular weight excluding hydrogens is 360 g/mol. The van der Waals surface area contributed by atoms with Crippen molar-refractivity contribution in [3.63, 3.8) is 0 Å². The van der Waals surface area contributed by atoms with Crippen LogP contribution in [0.1, 0.15) is 11.4 Å². The average molecular weight is 375 g/mol. The van der Waals surface area contributed by atoms with Gasteiger partial charge in [0.15, 0.2) is 0 Å². The maximum atomic E-state index is 13.1. The summed E-state index contributed by atoms with van der Waals surface area (Å²) in [5.41, 5.74) is 2.04. The summed E-state index contributed by atoms with van der Waals surface area (Å²) in [6.07, 6.45) is 3.67. The highest BCUT2D eigenvalue weighted by Crippen LogP contribution is 2.18. The predicted octanol–water partition coefficient (Wildman–Crippen LogP) is 4.92. The molecule has 0 fully saturated rings. The molecular formula is C22H15ClN2O2. The van der Waals surface area contributed by atoms with Crippen molar-refractivity contribution in [2.24, 2.45) is 0 Å². The van der Waals surface area contributed by atoms with Gasteiger partial charge in [0.2, 0.25) is 0 Å². The molecule has 0 aliphatic carbocycles. The van der Waals surface area contributed by atoms with E-state index < -0.39 is 0 Å². The number of halogens is 1. The third-order valence-electron chi connectivity index (χ3n) is 4.20. The second-order valence-electron chi connectivity index (χ2n) is 6.03. The van der Waals surface area contributed by atoms with E-state index in [1.807, 2.05) is 48.5 Å². The lowest BCUT2D eigenvalue weighted by Gasteiger charge is -2.11. The molecule has 27 heavy (non-hydrogen) atoms. The Bertz CT molecular complexity index is 1190. The van der Waals surface area contributed by atoms with Crippen molar-refractivity contribution in [2.75, 3.05) is 0 Å². The van der Waals surface area contributed by atoms with Crippen LogP contribution in [0.3, 0.4) is 0 Å². The van der Waals surface area contributed by atoms with Crippen molar-refractivity contribution in [2.45, 2.75) is 0 Å². The van der Waals surface area contributed by atoms with Gasteiger partial charge in [-0.05, 0) is 60.2 Å². The van der Waals surface area contributed by atoms with E-state index in [1.165, 1.54) is 4.57 Å². The van der Waals surface area contributed by atoms with Crippen molar-refractivity contribution >= 4 is 34.7 Å². The van der Waals surface area contributed by atoms with Gasteiger partial charge in [0.25, 0.3) is 5.56 Å². The van der Waals surface area contributed by atoms with Gasteiger partial charge in [-0.3, -0.25) is 9.36 Å². The molecule has 4 nitrogen and oxygen atoms in total. The van der Waals surface area contributed by atoms with Crippen LogP contribution in [0, 0.1) is 0 Å². The van der Waals surface area contributed by atoms with E-state index in [-0.39, 0.29) is 11.3 Å². The van der Waals surface area contributed by atoms with Crippen molar-refractivity contribution in [3.8, 4) is 11.4 Å². The van der Waals surface area contributed by atoms with Crippen LogP contribution in [0.4, 0.5) is 0 Å². The van der Waals surface area contributed by atoms with Gasteiger partial charge in [-0.25, -0.2) is 4.98 Å². The monoisotopic (exact) mass is 374 g/mol. The third kappa shape index (κ3) is 3.48. The molecule has 0 saturated carbocycles. The normalized spacial score (nSPS) is 11.3. The number of rotatable bonds is 3. The van der Waals surface area contributed by atoms with Gasteiger partial charge in [-0.2, -0.15) is 0 Å². The lowest BCUT2D eigenvalue weighted by molar-refractivity contribution is 0.475. The second-order valence-corrected chi connectivity index (χ2v) is 6.47. The first-order chi connectivity index (χ1) is 13.1. The first-order valence-corrected chi connectivity index (χ1v) is 8.74. The fourth-order valence-corrected chi connectivity index (χ4v) is 2.98. The number of phenols is 1. The minimum atomic E-state index is -0.165. The minimum Gasteiger partial charge on any atom is -0.508 e. The maximum absolute atomic E-state index is 13.1. The molecule has 0 amide bonds. The van der Waals surface area contributed by atoms with Gasteiger partial charge in [0, 0.05) is 5.02 Å². The van der Waals surface area contributed by atoms with Crippen LogP contribution in [0.15, 0.2) is 77.6 Å². The van der Waals surface area contributed by atoms with Crippen LogP contribution in [-0.4, -0.2) is 14.7 Å². The van der Waals surface area contributed by atoms with Gasteiger partial charge in [0.1, 0.15) is 11.6 Å². The summed E-state index contributed by atoms with van der Waals surface area (Å²) in [4.78, 5) is 17.8. The topological polar surface area (TPSA) is 55.1 Å². The molecule has 0 spiro atoms. The Morgan fingerprint density at radius 2 is 1.59 bits per heavy atom. The van der Waals surface area contributed by atoms with Gasteiger partial charge in [-0.15, -0.1) is 0 Å². The minimum absolute atomic E-state index is 0.138. The highest BCUT2D eigenvalue weighted by molar-refractivity contribution is 6.30. The Hall–Kier alpha value is -3.37. The summed E-state index contributed by atoms with van der Waals surface area (Å²) < 4.78 is 1.54. The number of hydrogen-bond donors (Lipinski definition) is 1. The molecule has 1 aromatic heterocycles. The van der Waals surface area contributed by atoms with Crippen LogP contribution >= 0.6 is 11.6 Å². The molecule has 1 N–H and O–H groups in total. The molecule has 0 saturated heterocycles. The number of aromatic hydroxyl groups is 1. The number of benzene rings is 3. The van der Waals surface area contributed by atoms with E-state index in [9.17, 15) is 9.90 Å². The van der Waals surface area contributed by atoms with Gasteiger partial charge < -0.3 is 5.11 Å². The number of hydrogen-bond acceptors (Lipinski definition) is 3. The SMILES string of the molecule is O=c1c2ccccc2nc(C=Cc2ccc(Cl)cc2)n1-c1ccc(O)cc1. The lowest BCUT2D eigenvalue weighted by atomic mass is 10.2. The average Bonchev–Trinajstić information content (AvgIpc) is 2.69. The second kappa shape index (κ2) is 7.09. The summed E-state index contributed by atoms with van der Waals surface area (Å²) >= 11 is 5.93. The molecule has 3 aromatic carbocycles. The standard InChI is InChI=1S/C22H15ClN2O2/c23-16-8-5-15(6-9-16)7-14-21-24-20-4-2-1-3-19(20)22(27)25(21)17-10-12-18(26)13-11-17/h1-14,26H. The zero-order valence-corrected chi connectivity index (χ0v) is 15.0. The molecule has 0 unspecified atom stereocenters.